The fourth-order valence-corrected chi connectivity index (χ4v) is 2.33. The van der Waals surface area contributed by atoms with E-state index in [1.54, 1.807) is 0 Å². The zero-order chi connectivity index (χ0) is 13.1. The molecule has 0 bridgehead atoms. The number of rotatable bonds is 4. The number of ether oxygens (including phenoxy) is 2. The van der Waals surface area contributed by atoms with Gasteiger partial charge in [-0.3, -0.25) is 9.69 Å². The van der Waals surface area contributed by atoms with Crippen LogP contribution in [0.25, 0.3) is 0 Å². The lowest BCUT2D eigenvalue weighted by atomic mass is 9.91. The molecule has 2 unspecified atom stereocenters. The molecule has 0 aliphatic carbocycles. The standard InChI is InChI=1S/C13H25NO3/c1-6-11-8-17-10(2)7-14(11)9-13(3,4)12(15)16-5/h10-11H,6-9H2,1-5H3. The fraction of sp³-hybridized carbons (Fsp3) is 0.923. The van der Waals surface area contributed by atoms with E-state index < -0.39 is 5.41 Å². The van der Waals surface area contributed by atoms with Crippen molar-refractivity contribution in [2.45, 2.75) is 46.3 Å². The van der Waals surface area contributed by atoms with Crippen LogP contribution in [-0.4, -0.2) is 49.8 Å². The van der Waals surface area contributed by atoms with E-state index in [4.69, 9.17) is 9.47 Å². The van der Waals surface area contributed by atoms with Crippen LogP contribution in [0.15, 0.2) is 0 Å². The van der Waals surface area contributed by atoms with Crippen LogP contribution in [0, 0.1) is 5.41 Å². The molecule has 1 aliphatic rings. The van der Waals surface area contributed by atoms with Gasteiger partial charge in [0.2, 0.25) is 0 Å². The van der Waals surface area contributed by atoms with Crippen molar-refractivity contribution < 1.29 is 14.3 Å². The van der Waals surface area contributed by atoms with Gasteiger partial charge in [0, 0.05) is 19.1 Å². The molecule has 1 fully saturated rings. The van der Waals surface area contributed by atoms with Crippen molar-refractivity contribution in [2.75, 3.05) is 26.8 Å². The molecule has 0 saturated carbocycles. The maximum absolute atomic E-state index is 11.7. The van der Waals surface area contributed by atoms with Crippen LogP contribution in [0.4, 0.5) is 0 Å². The van der Waals surface area contributed by atoms with E-state index in [0.29, 0.717) is 6.04 Å². The van der Waals surface area contributed by atoms with Crippen LogP contribution in [0.2, 0.25) is 0 Å². The van der Waals surface area contributed by atoms with Gasteiger partial charge in [-0.25, -0.2) is 0 Å². The first-order chi connectivity index (χ1) is 7.90. The predicted molar refractivity (Wildman–Crippen MR) is 66.9 cm³/mol. The lowest BCUT2D eigenvalue weighted by molar-refractivity contribution is -0.154. The first kappa shape index (κ1) is 14.5. The minimum absolute atomic E-state index is 0.147. The normalized spacial score (nSPS) is 26.9. The number of hydrogen-bond acceptors (Lipinski definition) is 4. The summed E-state index contributed by atoms with van der Waals surface area (Å²) >= 11 is 0. The van der Waals surface area contributed by atoms with Crippen LogP contribution in [0.3, 0.4) is 0 Å². The summed E-state index contributed by atoms with van der Waals surface area (Å²) in [6, 6.07) is 0.412. The first-order valence-electron chi connectivity index (χ1n) is 6.34. The van der Waals surface area contributed by atoms with Gasteiger partial charge in [-0.2, -0.15) is 0 Å². The van der Waals surface area contributed by atoms with Crippen LogP contribution < -0.4 is 0 Å². The molecule has 17 heavy (non-hydrogen) atoms. The lowest BCUT2D eigenvalue weighted by Gasteiger charge is -2.41. The molecular formula is C13H25NO3. The van der Waals surface area contributed by atoms with Gasteiger partial charge in [0.15, 0.2) is 0 Å². The summed E-state index contributed by atoms with van der Waals surface area (Å²) in [5.41, 5.74) is -0.459. The van der Waals surface area contributed by atoms with Crippen LogP contribution in [0.1, 0.15) is 34.1 Å². The number of esters is 1. The Morgan fingerprint density at radius 1 is 1.53 bits per heavy atom. The third kappa shape index (κ3) is 3.68. The van der Waals surface area contributed by atoms with Crippen molar-refractivity contribution >= 4 is 5.97 Å². The zero-order valence-corrected chi connectivity index (χ0v) is 11.7. The number of methoxy groups -OCH3 is 1. The number of carbonyl (C=O) groups excluding carboxylic acids is 1. The Kier molecular flexibility index (Phi) is 4.95. The fourth-order valence-electron chi connectivity index (χ4n) is 2.33. The second-order valence-corrected chi connectivity index (χ2v) is 5.51. The van der Waals surface area contributed by atoms with Crippen molar-refractivity contribution in [1.82, 2.24) is 4.90 Å². The Bertz CT molecular complexity index is 265. The summed E-state index contributed by atoms with van der Waals surface area (Å²) in [6.45, 7) is 10.5. The molecule has 1 heterocycles. The number of carbonyl (C=O) groups is 1. The maximum Gasteiger partial charge on any atom is 0.312 e. The summed E-state index contributed by atoms with van der Waals surface area (Å²) in [7, 11) is 1.45. The van der Waals surface area contributed by atoms with Gasteiger partial charge in [-0.15, -0.1) is 0 Å². The summed E-state index contributed by atoms with van der Waals surface area (Å²) in [4.78, 5) is 14.1. The summed E-state index contributed by atoms with van der Waals surface area (Å²) in [6.07, 6.45) is 1.29. The van der Waals surface area contributed by atoms with Gasteiger partial charge in [0.05, 0.1) is 25.2 Å². The monoisotopic (exact) mass is 243 g/mol. The molecule has 1 rings (SSSR count). The first-order valence-corrected chi connectivity index (χ1v) is 6.34. The molecule has 0 aromatic rings. The average molecular weight is 243 g/mol. The van der Waals surface area contributed by atoms with Crippen molar-refractivity contribution in [3.8, 4) is 0 Å². The Balaban J connectivity index is 2.66. The molecule has 0 N–H and O–H groups in total. The molecule has 1 saturated heterocycles. The molecule has 0 aromatic heterocycles. The maximum atomic E-state index is 11.7. The van der Waals surface area contributed by atoms with Crippen LogP contribution in [0.5, 0.6) is 0 Å². The van der Waals surface area contributed by atoms with Crippen molar-refractivity contribution in [2.24, 2.45) is 5.41 Å². The molecule has 0 amide bonds. The van der Waals surface area contributed by atoms with E-state index in [-0.39, 0.29) is 12.1 Å². The Morgan fingerprint density at radius 3 is 2.71 bits per heavy atom. The predicted octanol–water partition coefficient (Wildman–Crippen LogP) is 1.68. The molecule has 4 heteroatoms. The van der Waals surface area contributed by atoms with E-state index in [1.165, 1.54) is 7.11 Å². The number of hydrogen-bond donors (Lipinski definition) is 0. The van der Waals surface area contributed by atoms with Gasteiger partial charge < -0.3 is 9.47 Å². The van der Waals surface area contributed by atoms with Gasteiger partial charge in [-0.1, -0.05) is 6.92 Å². The summed E-state index contributed by atoms with van der Waals surface area (Å²) in [5, 5.41) is 0. The number of morpholine rings is 1. The lowest BCUT2D eigenvalue weighted by Crippen LogP contribution is -2.52. The second-order valence-electron chi connectivity index (χ2n) is 5.51. The average Bonchev–Trinajstić information content (AvgIpc) is 2.27. The highest BCUT2D eigenvalue weighted by Gasteiger charge is 2.35. The minimum atomic E-state index is -0.459. The third-order valence-electron chi connectivity index (χ3n) is 3.39. The van der Waals surface area contributed by atoms with Crippen molar-refractivity contribution in [3.63, 3.8) is 0 Å². The molecule has 1 aliphatic heterocycles. The molecule has 4 nitrogen and oxygen atoms in total. The Morgan fingerprint density at radius 2 is 2.18 bits per heavy atom. The van der Waals surface area contributed by atoms with Gasteiger partial charge >= 0.3 is 5.97 Å². The van der Waals surface area contributed by atoms with Crippen molar-refractivity contribution in [3.05, 3.63) is 0 Å². The third-order valence-corrected chi connectivity index (χ3v) is 3.39. The molecule has 0 spiro atoms. The molecular weight excluding hydrogens is 218 g/mol. The summed E-state index contributed by atoms with van der Waals surface area (Å²) in [5.74, 6) is -0.147. The molecule has 0 radical (unpaired) electrons. The second kappa shape index (κ2) is 5.83. The Labute approximate surface area is 104 Å². The summed E-state index contributed by atoms with van der Waals surface area (Å²) < 4.78 is 10.5. The van der Waals surface area contributed by atoms with E-state index in [9.17, 15) is 4.79 Å². The van der Waals surface area contributed by atoms with Gasteiger partial charge in [0.25, 0.3) is 0 Å². The van der Waals surface area contributed by atoms with E-state index >= 15 is 0 Å². The largest absolute Gasteiger partial charge is 0.469 e. The van der Waals surface area contributed by atoms with Gasteiger partial charge in [0.1, 0.15) is 0 Å². The molecule has 100 valence electrons. The van der Waals surface area contributed by atoms with Gasteiger partial charge in [-0.05, 0) is 27.2 Å². The highest BCUT2D eigenvalue weighted by molar-refractivity contribution is 5.76. The zero-order valence-electron chi connectivity index (χ0n) is 11.7. The minimum Gasteiger partial charge on any atom is -0.469 e. The van der Waals surface area contributed by atoms with E-state index in [2.05, 4.69) is 18.7 Å². The Hall–Kier alpha value is -0.610. The highest BCUT2D eigenvalue weighted by atomic mass is 16.5. The van der Waals surface area contributed by atoms with Crippen LogP contribution >= 0.6 is 0 Å². The molecule has 2 atom stereocenters. The van der Waals surface area contributed by atoms with Crippen molar-refractivity contribution in [1.29, 1.82) is 0 Å². The number of nitrogens with zero attached hydrogens (tertiary/aromatic N) is 1. The van der Waals surface area contributed by atoms with E-state index in [0.717, 1.165) is 26.1 Å². The SMILES string of the molecule is CCC1COC(C)CN1CC(C)(C)C(=O)OC. The van der Waals surface area contributed by atoms with Crippen LogP contribution in [-0.2, 0) is 14.3 Å². The smallest absolute Gasteiger partial charge is 0.312 e. The van der Waals surface area contributed by atoms with E-state index in [1.807, 2.05) is 13.8 Å². The topological polar surface area (TPSA) is 38.8 Å². The highest BCUT2D eigenvalue weighted by Crippen LogP contribution is 2.23. The molecule has 0 aromatic carbocycles. The quantitative estimate of drug-likeness (QED) is 0.704.